The van der Waals surface area contributed by atoms with Gasteiger partial charge in [-0.1, -0.05) is 5.92 Å². The van der Waals surface area contributed by atoms with Crippen LogP contribution in [0.4, 0.5) is 19.3 Å². The number of aliphatic hydroxyl groups excluding tert-OH is 1. The summed E-state index contributed by atoms with van der Waals surface area (Å²) in [6.07, 6.45) is 4.29. The largest absolute Gasteiger partial charge is 0.392 e. The standard InChI is InChI=1S/C13H14F2N2O2/c1-4-9-5-10(14)12(11(15)6-9)16-13(19)17(3)7-8(2)18/h1,5-6,8,18H,7H2,2-3H3,(H,16,19). The third-order valence-electron chi connectivity index (χ3n) is 2.33. The van der Waals surface area contributed by atoms with Crippen molar-refractivity contribution in [2.75, 3.05) is 18.9 Å². The molecule has 2 amide bonds. The SMILES string of the molecule is C#Cc1cc(F)c(NC(=O)N(C)CC(C)O)c(F)c1. The van der Waals surface area contributed by atoms with Crippen LogP contribution < -0.4 is 5.32 Å². The third kappa shape index (κ3) is 3.93. The Labute approximate surface area is 110 Å². The molecule has 0 spiro atoms. The van der Waals surface area contributed by atoms with Gasteiger partial charge in [0, 0.05) is 19.2 Å². The number of nitrogens with one attached hydrogen (secondary N) is 1. The zero-order valence-corrected chi connectivity index (χ0v) is 10.6. The highest BCUT2D eigenvalue weighted by molar-refractivity contribution is 5.89. The van der Waals surface area contributed by atoms with Crippen LogP contribution in [0.1, 0.15) is 12.5 Å². The Morgan fingerprint density at radius 3 is 2.47 bits per heavy atom. The first-order valence-electron chi connectivity index (χ1n) is 5.51. The Morgan fingerprint density at radius 1 is 1.53 bits per heavy atom. The van der Waals surface area contributed by atoms with Crippen LogP contribution in [0.25, 0.3) is 0 Å². The monoisotopic (exact) mass is 268 g/mol. The van der Waals surface area contributed by atoms with Gasteiger partial charge in [0.05, 0.1) is 6.10 Å². The number of hydrogen-bond donors (Lipinski definition) is 2. The molecule has 0 heterocycles. The summed E-state index contributed by atoms with van der Waals surface area (Å²) in [4.78, 5) is 12.7. The summed E-state index contributed by atoms with van der Waals surface area (Å²) >= 11 is 0. The van der Waals surface area contributed by atoms with Crippen LogP contribution in [0.5, 0.6) is 0 Å². The normalized spacial score (nSPS) is 11.6. The predicted octanol–water partition coefficient (Wildman–Crippen LogP) is 1.79. The summed E-state index contributed by atoms with van der Waals surface area (Å²) in [5.41, 5.74) is -0.522. The third-order valence-corrected chi connectivity index (χ3v) is 2.33. The molecular weight excluding hydrogens is 254 g/mol. The van der Waals surface area contributed by atoms with Crippen molar-refractivity contribution in [2.45, 2.75) is 13.0 Å². The number of amides is 2. The van der Waals surface area contributed by atoms with Crippen LogP contribution >= 0.6 is 0 Å². The average molecular weight is 268 g/mol. The van der Waals surface area contributed by atoms with E-state index in [9.17, 15) is 13.6 Å². The predicted molar refractivity (Wildman–Crippen MR) is 67.6 cm³/mol. The fourth-order valence-electron chi connectivity index (χ4n) is 1.46. The van der Waals surface area contributed by atoms with Gasteiger partial charge >= 0.3 is 6.03 Å². The smallest absolute Gasteiger partial charge is 0.321 e. The lowest BCUT2D eigenvalue weighted by Crippen LogP contribution is -2.36. The van der Waals surface area contributed by atoms with E-state index in [1.165, 1.54) is 14.0 Å². The lowest BCUT2D eigenvalue weighted by Gasteiger charge is -2.19. The quantitative estimate of drug-likeness (QED) is 0.821. The molecule has 0 radical (unpaired) electrons. The van der Waals surface area contributed by atoms with Crippen molar-refractivity contribution >= 4 is 11.7 Å². The second kappa shape index (κ2) is 6.16. The number of nitrogens with zero attached hydrogens (tertiary/aromatic N) is 1. The summed E-state index contributed by atoms with van der Waals surface area (Å²) in [6, 6.07) is 1.17. The molecule has 0 aliphatic heterocycles. The number of likely N-dealkylation sites (N-methyl/N-ethyl adjacent to an activating group) is 1. The molecule has 102 valence electrons. The minimum absolute atomic E-state index is 0.0392. The Bertz CT molecular complexity index is 501. The summed E-state index contributed by atoms with van der Waals surface area (Å²) in [5.74, 6) is 0.198. The summed E-state index contributed by atoms with van der Waals surface area (Å²) < 4.78 is 27.1. The number of aliphatic hydroxyl groups is 1. The van der Waals surface area contributed by atoms with Gasteiger partial charge in [0.15, 0.2) is 11.6 Å². The topological polar surface area (TPSA) is 52.6 Å². The number of rotatable bonds is 3. The molecule has 0 aliphatic carbocycles. The van der Waals surface area contributed by atoms with Crippen LogP contribution in [0.2, 0.25) is 0 Å². The molecule has 4 nitrogen and oxygen atoms in total. The lowest BCUT2D eigenvalue weighted by molar-refractivity contribution is 0.149. The number of benzene rings is 1. The van der Waals surface area contributed by atoms with E-state index in [-0.39, 0.29) is 12.1 Å². The molecule has 1 unspecified atom stereocenters. The Hall–Kier alpha value is -2.13. The van der Waals surface area contributed by atoms with Crippen molar-refractivity contribution in [3.05, 3.63) is 29.3 Å². The lowest BCUT2D eigenvalue weighted by atomic mass is 10.2. The molecule has 1 rings (SSSR count). The van der Waals surface area contributed by atoms with Gasteiger partial charge < -0.3 is 15.3 Å². The Kier molecular flexibility index (Phi) is 4.84. The second-order valence-corrected chi connectivity index (χ2v) is 4.12. The van der Waals surface area contributed by atoms with Crippen molar-refractivity contribution in [3.8, 4) is 12.3 Å². The van der Waals surface area contributed by atoms with Crippen molar-refractivity contribution < 1.29 is 18.7 Å². The van der Waals surface area contributed by atoms with E-state index in [1.807, 2.05) is 0 Å². The maximum atomic E-state index is 13.6. The van der Waals surface area contributed by atoms with Crippen LogP contribution in [0.3, 0.4) is 0 Å². The molecule has 0 saturated heterocycles. The van der Waals surface area contributed by atoms with Crippen molar-refractivity contribution in [1.82, 2.24) is 4.90 Å². The maximum Gasteiger partial charge on any atom is 0.321 e. The van der Waals surface area contributed by atoms with E-state index in [0.29, 0.717) is 0 Å². The number of anilines is 1. The van der Waals surface area contributed by atoms with E-state index in [0.717, 1.165) is 17.0 Å². The number of carbonyl (C=O) groups excluding carboxylic acids is 1. The second-order valence-electron chi connectivity index (χ2n) is 4.12. The Morgan fingerprint density at radius 2 is 2.05 bits per heavy atom. The van der Waals surface area contributed by atoms with Crippen LogP contribution in [0.15, 0.2) is 12.1 Å². The molecule has 0 fully saturated rings. The fourth-order valence-corrected chi connectivity index (χ4v) is 1.46. The molecule has 2 N–H and O–H groups in total. The van der Waals surface area contributed by atoms with Crippen LogP contribution in [0, 0.1) is 24.0 Å². The summed E-state index contributed by atoms with van der Waals surface area (Å²) in [7, 11) is 1.40. The van der Waals surface area contributed by atoms with Gasteiger partial charge in [-0.15, -0.1) is 6.42 Å². The highest BCUT2D eigenvalue weighted by Gasteiger charge is 2.17. The molecule has 1 atom stereocenters. The molecule has 0 aromatic heterocycles. The number of urea groups is 1. The zero-order chi connectivity index (χ0) is 14.6. The van der Waals surface area contributed by atoms with Gasteiger partial charge in [0.1, 0.15) is 5.69 Å². The molecule has 1 aromatic carbocycles. The van der Waals surface area contributed by atoms with E-state index in [2.05, 4.69) is 11.2 Å². The van der Waals surface area contributed by atoms with Gasteiger partial charge in [0.25, 0.3) is 0 Å². The molecule has 0 aliphatic rings. The first kappa shape index (κ1) is 14.9. The number of hydrogen-bond acceptors (Lipinski definition) is 2. The van der Waals surface area contributed by atoms with E-state index < -0.39 is 29.5 Å². The number of terminal acetylenes is 1. The maximum absolute atomic E-state index is 13.6. The van der Waals surface area contributed by atoms with Gasteiger partial charge in [-0.2, -0.15) is 0 Å². The van der Waals surface area contributed by atoms with Gasteiger partial charge in [-0.05, 0) is 19.1 Å². The molecule has 0 bridgehead atoms. The fraction of sp³-hybridized carbons (Fsp3) is 0.308. The van der Waals surface area contributed by atoms with Crippen LogP contribution in [-0.4, -0.2) is 35.7 Å². The number of carbonyl (C=O) groups is 1. The highest BCUT2D eigenvalue weighted by atomic mass is 19.1. The van der Waals surface area contributed by atoms with E-state index in [4.69, 9.17) is 11.5 Å². The first-order chi connectivity index (χ1) is 8.85. The number of halogens is 2. The molecule has 1 aromatic rings. The first-order valence-corrected chi connectivity index (χ1v) is 5.51. The molecule has 6 heteroatoms. The van der Waals surface area contributed by atoms with Crippen LogP contribution in [-0.2, 0) is 0 Å². The minimum atomic E-state index is -0.952. The van der Waals surface area contributed by atoms with Gasteiger partial charge in [0.2, 0.25) is 0 Å². The van der Waals surface area contributed by atoms with E-state index in [1.54, 1.807) is 0 Å². The molecule has 0 saturated carbocycles. The molecular formula is C13H14F2N2O2. The average Bonchev–Trinajstić information content (AvgIpc) is 2.32. The van der Waals surface area contributed by atoms with Crippen molar-refractivity contribution in [3.63, 3.8) is 0 Å². The van der Waals surface area contributed by atoms with Gasteiger partial charge in [-0.3, -0.25) is 0 Å². The van der Waals surface area contributed by atoms with Crippen molar-refractivity contribution in [2.24, 2.45) is 0 Å². The Balaban J connectivity index is 2.89. The van der Waals surface area contributed by atoms with Gasteiger partial charge in [-0.25, -0.2) is 13.6 Å². The van der Waals surface area contributed by atoms with Crippen molar-refractivity contribution in [1.29, 1.82) is 0 Å². The molecule has 19 heavy (non-hydrogen) atoms. The van der Waals surface area contributed by atoms with E-state index >= 15 is 0 Å². The zero-order valence-electron chi connectivity index (χ0n) is 10.6. The summed E-state index contributed by atoms with van der Waals surface area (Å²) in [5, 5.41) is 11.2. The minimum Gasteiger partial charge on any atom is -0.392 e. The summed E-state index contributed by atoms with van der Waals surface area (Å²) in [6.45, 7) is 1.53. The highest BCUT2D eigenvalue weighted by Crippen LogP contribution is 2.20.